The Labute approximate surface area is 252 Å². The van der Waals surface area contributed by atoms with Gasteiger partial charge in [0.2, 0.25) is 17.7 Å². The SMILES string of the molecule is O=C(NCn1nnc2ccccc21)C1N(CCCCCCO)C(=O)[C@@H]2[C@H](C(=O)NCc3ccccc3)[C@H]3OC12CC3Br. The Morgan fingerprint density at radius 3 is 2.60 bits per heavy atom. The molecule has 3 aliphatic heterocycles. The Hall–Kier alpha value is -3.35. The molecule has 11 nitrogen and oxygen atoms in total. The molecule has 3 saturated heterocycles. The van der Waals surface area contributed by atoms with Gasteiger partial charge in [0.1, 0.15) is 23.8 Å². The van der Waals surface area contributed by atoms with Crippen molar-refractivity contribution in [2.24, 2.45) is 11.8 Å². The third-order valence-electron chi connectivity index (χ3n) is 8.78. The van der Waals surface area contributed by atoms with Crippen LogP contribution in [0.3, 0.4) is 0 Å². The van der Waals surface area contributed by atoms with E-state index in [1.54, 1.807) is 9.58 Å². The summed E-state index contributed by atoms with van der Waals surface area (Å²) in [6.45, 7) is 0.912. The minimum Gasteiger partial charge on any atom is -0.396 e. The molecule has 42 heavy (non-hydrogen) atoms. The largest absolute Gasteiger partial charge is 0.396 e. The van der Waals surface area contributed by atoms with Crippen LogP contribution in [0, 0.1) is 11.8 Å². The number of alkyl halides is 1. The lowest BCUT2D eigenvalue weighted by atomic mass is 9.70. The highest BCUT2D eigenvalue weighted by atomic mass is 79.9. The van der Waals surface area contributed by atoms with Crippen molar-refractivity contribution < 1.29 is 24.2 Å². The summed E-state index contributed by atoms with van der Waals surface area (Å²) < 4.78 is 8.18. The molecule has 2 bridgehead atoms. The molecule has 1 spiro atoms. The predicted octanol–water partition coefficient (Wildman–Crippen LogP) is 2.12. The molecule has 3 aliphatic rings. The topological polar surface area (TPSA) is 139 Å². The number of hydrogen-bond donors (Lipinski definition) is 3. The highest BCUT2D eigenvalue weighted by molar-refractivity contribution is 9.09. The van der Waals surface area contributed by atoms with Crippen LogP contribution in [-0.4, -0.2) is 78.4 Å². The average molecular weight is 640 g/mol. The molecular weight excluding hydrogens is 604 g/mol. The highest BCUT2D eigenvalue weighted by Gasteiger charge is 2.76. The lowest BCUT2D eigenvalue weighted by Gasteiger charge is -2.34. The molecule has 3 aromatic rings. The summed E-state index contributed by atoms with van der Waals surface area (Å²) in [5.74, 6) is -2.27. The van der Waals surface area contributed by atoms with E-state index in [0.29, 0.717) is 32.4 Å². The van der Waals surface area contributed by atoms with Gasteiger partial charge in [0.05, 0.1) is 23.5 Å². The summed E-state index contributed by atoms with van der Waals surface area (Å²) in [6.07, 6.45) is 2.94. The molecule has 0 saturated carbocycles. The number of aromatic nitrogens is 3. The molecule has 12 heteroatoms. The average Bonchev–Trinajstić information content (AvgIpc) is 3.72. The molecule has 0 aliphatic carbocycles. The molecule has 222 valence electrons. The van der Waals surface area contributed by atoms with Gasteiger partial charge in [0, 0.05) is 24.5 Å². The second-order valence-corrected chi connectivity index (χ2v) is 12.5. The van der Waals surface area contributed by atoms with Crippen molar-refractivity contribution in [3.8, 4) is 0 Å². The fraction of sp³-hybridized carbons (Fsp3) is 0.500. The maximum atomic E-state index is 14.1. The number of benzene rings is 2. The summed E-state index contributed by atoms with van der Waals surface area (Å²) >= 11 is 3.71. The Morgan fingerprint density at radius 2 is 1.79 bits per heavy atom. The zero-order valence-corrected chi connectivity index (χ0v) is 24.8. The number of fused-ring (bicyclic) bond motifs is 2. The van der Waals surface area contributed by atoms with Gasteiger partial charge in [-0.3, -0.25) is 14.4 Å². The van der Waals surface area contributed by atoms with Gasteiger partial charge in [-0.25, -0.2) is 4.68 Å². The zero-order valence-electron chi connectivity index (χ0n) is 23.2. The molecule has 0 radical (unpaired) electrons. The number of nitrogens with one attached hydrogen (secondary N) is 2. The van der Waals surface area contributed by atoms with Gasteiger partial charge in [-0.2, -0.15) is 0 Å². The summed E-state index contributed by atoms with van der Waals surface area (Å²) in [5, 5.41) is 23.5. The number of likely N-dealkylation sites (tertiary alicyclic amines) is 1. The summed E-state index contributed by atoms with van der Waals surface area (Å²) in [7, 11) is 0. The van der Waals surface area contributed by atoms with Crippen LogP contribution in [0.2, 0.25) is 0 Å². The lowest BCUT2D eigenvalue weighted by molar-refractivity contribution is -0.142. The maximum Gasteiger partial charge on any atom is 0.247 e. The van der Waals surface area contributed by atoms with Crippen molar-refractivity contribution >= 4 is 44.7 Å². The first-order chi connectivity index (χ1) is 20.4. The second kappa shape index (κ2) is 12.1. The number of nitrogens with zero attached hydrogens (tertiary/aromatic N) is 4. The fourth-order valence-corrected chi connectivity index (χ4v) is 7.85. The van der Waals surface area contributed by atoms with Crippen LogP contribution in [0.25, 0.3) is 11.0 Å². The summed E-state index contributed by atoms with van der Waals surface area (Å²) in [4.78, 5) is 43.2. The number of ether oxygens (including phenoxy) is 1. The number of para-hydroxylation sites is 1. The maximum absolute atomic E-state index is 14.1. The summed E-state index contributed by atoms with van der Waals surface area (Å²) in [6, 6.07) is 16.2. The van der Waals surface area contributed by atoms with Gasteiger partial charge in [0.25, 0.3) is 0 Å². The number of halogens is 1. The van der Waals surface area contributed by atoms with Gasteiger partial charge in [-0.05, 0) is 37.0 Å². The monoisotopic (exact) mass is 638 g/mol. The van der Waals surface area contributed by atoms with E-state index in [2.05, 4.69) is 36.9 Å². The number of carbonyl (C=O) groups is 3. The van der Waals surface area contributed by atoms with Crippen LogP contribution in [0.5, 0.6) is 0 Å². The molecule has 3 amide bonds. The number of amides is 3. The summed E-state index contributed by atoms with van der Waals surface area (Å²) in [5.41, 5.74) is 1.34. The molecule has 3 N–H and O–H groups in total. The molecule has 6 atom stereocenters. The molecular formula is C30H35BrN6O5. The Kier molecular flexibility index (Phi) is 8.28. The van der Waals surface area contributed by atoms with Gasteiger partial charge in [-0.15, -0.1) is 5.10 Å². The Bertz CT molecular complexity index is 1450. The first-order valence-corrected chi connectivity index (χ1v) is 15.5. The van der Waals surface area contributed by atoms with Crippen LogP contribution in [0.4, 0.5) is 0 Å². The van der Waals surface area contributed by atoms with Gasteiger partial charge >= 0.3 is 0 Å². The van der Waals surface area contributed by atoms with Crippen LogP contribution in [0.15, 0.2) is 54.6 Å². The highest BCUT2D eigenvalue weighted by Crippen LogP contribution is 2.60. The normalized spacial score (nSPS) is 27.9. The third kappa shape index (κ3) is 5.09. The Morgan fingerprint density at radius 1 is 1.02 bits per heavy atom. The quantitative estimate of drug-likeness (QED) is 0.204. The minimum atomic E-state index is -1.12. The van der Waals surface area contributed by atoms with Crippen LogP contribution in [-0.2, 0) is 32.3 Å². The van der Waals surface area contributed by atoms with Crippen LogP contribution < -0.4 is 10.6 Å². The molecule has 3 unspecified atom stereocenters. The molecule has 6 rings (SSSR count). The first kappa shape index (κ1) is 28.8. The van der Waals surface area contributed by atoms with E-state index in [1.165, 1.54) is 0 Å². The van der Waals surface area contributed by atoms with E-state index in [0.717, 1.165) is 29.4 Å². The number of hydrogen-bond acceptors (Lipinski definition) is 7. The molecule has 3 fully saturated rings. The fourth-order valence-electron chi connectivity index (χ4n) is 6.90. The second-order valence-electron chi connectivity index (χ2n) is 11.3. The van der Waals surface area contributed by atoms with Crippen LogP contribution >= 0.6 is 15.9 Å². The van der Waals surface area contributed by atoms with Crippen molar-refractivity contribution in [2.75, 3.05) is 13.2 Å². The van der Waals surface area contributed by atoms with Crippen LogP contribution in [0.1, 0.15) is 37.7 Å². The van der Waals surface area contributed by atoms with E-state index in [4.69, 9.17) is 9.84 Å². The standard InChI is InChI=1S/C30H35BrN6O5/c31-20-16-30-24(23(25(20)42-30)27(39)32-17-19-10-4-3-5-11-19)29(41)36(14-8-1-2-9-15-38)26(30)28(40)33-18-37-22-13-7-6-12-21(22)34-35-37/h3-7,10-13,20,23-26,38H,1-2,8-9,14-18H2,(H,32,39)(H,33,40)/t20?,23-,24-,25-,26?,30?/m0/s1. The zero-order chi connectivity index (χ0) is 29.3. The van der Waals surface area contributed by atoms with Crippen molar-refractivity contribution in [3.63, 3.8) is 0 Å². The first-order valence-electron chi connectivity index (χ1n) is 14.6. The van der Waals surface area contributed by atoms with E-state index >= 15 is 0 Å². The van der Waals surface area contributed by atoms with Crippen molar-refractivity contribution in [1.29, 1.82) is 0 Å². The Balaban J connectivity index is 1.24. The smallest absolute Gasteiger partial charge is 0.247 e. The third-order valence-corrected chi connectivity index (χ3v) is 9.63. The van der Waals surface area contributed by atoms with Crippen molar-refractivity contribution in [2.45, 2.75) is 67.9 Å². The van der Waals surface area contributed by atoms with E-state index in [9.17, 15) is 14.4 Å². The molecule has 2 aromatic carbocycles. The molecule has 4 heterocycles. The number of aliphatic hydroxyl groups is 1. The predicted molar refractivity (Wildman–Crippen MR) is 157 cm³/mol. The number of carbonyl (C=O) groups excluding carboxylic acids is 3. The van der Waals surface area contributed by atoms with Crippen molar-refractivity contribution in [1.82, 2.24) is 30.5 Å². The van der Waals surface area contributed by atoms with Gasteiger partial charge in [0.15, 0.2) is 0 Å². The lowest BCUT2D eigenvalue weighted by Crippen LogP contribution is -2.56. The van der Waals surface area contributed by atoms with E-state index in [-0.39, 0.29) is 35.8 Å². The number of unbranched alkanes of at least 4 members (excludes halogenated alkanes) is 3. The van der Waals surface area contributed by atoms with Gasteiger partial charge < -0.3 is 25.4 Å². The minimum absolute atomic E-state index is 0.0806. The van der Waals surface area contributed by atoms with E-state index in [1.807, 2.05) is 54.6 Å². The number of aliphatic hydroxyl groups excluding tert-OH is 1. The van der Waals surface area contributed by atoms with E-state index < -0.39 is 29.6 Å². The molecule has 1 aromatic heterocycles. The van der Waals surface area contributed by atoms with Crippen molar-refractivity contribution in [3.05, 3.63) is 60.2 Å². The number of rotatable bonds is 12. The van der Waals surface area contributed by atoms with Gasteiger partial charge in [-0.1, -0.05) is 76.4 Å².